The first-order chi connectivity index (χ1) is 21.9. The highest BCUT2D eigenvalue weighted by Crippen LogP contribution is 2.36. The zero-order valence-corrected chi connectivity index (χ0v) is 27.6. The van der Waals surface area contributed by atoms with Gasteiger partial charge in [0.2, 0.25) is 5.82 Å². The van der Waals surface area contributed by atoms with E-state index in [0.717, 1.165) is 25.5 Å². The first-order valence-electron chi connectivity index (χ1n) is 13.9. The van der Waals surface area contributed by atoms with Crippen molar-refractivity contribution in [2.24, 2.45) is 5.10 Å². The van der Waals surface area contributed by atoms with Gasteiger partial charge in [-0.15, -0.1) is 6.58 Å². The molecule has 0 bridgehead atoms. The molecule has 10 heteroatoms. The first-order valence-corrected chi connectivity index (χ1v) is 15.5. The van der Waals surface area contributed by atoms with Gasteiger partial charge in [-0.3, -0.25) is 4.79 Å². The number of nitrogens with zero attached hydrogens (tertiary/aromatic N) is 3. The molecule has 0 saturated carbocycles. The zero-order valence-electron chi connectivity index (χ0n) is 24.4. The topological polar surface area (TPSA) is 88.1 Å². The summed E-state index contributed by atoms with van der Waals surface area (Å²) in [5, 5.41) is 5.82. The van der Waals surface area contributed by atoms with Crippen molar-refractivity contribution < 1.29 is 18.6 Å². The minimum absolute atomic E-state index is 0.256. The van der Waals surface area contributed by atoms with Crippen LogP contribution in [0.1, 0.15) is 16.7 Å². The van der Waals surface area contributed by atoms with Gasteiger partial charge in [-0.25, -0.2) is 4.98 Å². The summed E-state index contributed by atoms with van der Waals surface area (Å²) in [6, 6.07) is 24.1. The number of methoxy groups -OCH3 is 2. The van der Waals surface area contributed by atoms with E-state index in [9.17, 15) is 4.79 Å². The predicted octanol–water partition coefficient (Wildman–Crippen LogP) is 8.54. The highest BCUT2D eigenvalue weighted by molar-refractivity contribution is 9.11. The molecule has 0 spiro atoms. The number of aromatic nitrogens is 2. The number of furan rings is 1. The Morgan fingerprint density at radius 3 is 2.53 bits per heavy atom. The van der Waals surface area contributed by atoms with E-state index in [1.54, 1.807) is 50.8 Å². The van der Waals surface area contributed by atoms with Crippen LogP contribution in [-0.4, -0.2) is 30.1 Å². The third kappa shape index (κ3) is 6.16. The summed E-state index contributed by atoms with van der Waals surface area (Å²) in [6.45, 7) is 4.24. The second-order valence-corrected chi connectivity index (χ2v) is 11.8. The summed E-state index contributed by atoms with van der Waals surface area (Å²) < 4.78 is 26.8. The highest BCUT2D eigenvalue weighted by Gasteiger charge is 2.19. The monoisotopic (exact) mass is 727 g/mol. The predicted molar refractivity (Wildman–Crippen MR) is 184 cm³/mol. The van der Waals surface area contributed by atoms with Crippen molar-refractivity contribution in [3.8, 4) is 28.8 Å². The van der Waals surface area contributed by atoms with Gasteiger partial charge in [0.05, 0.1) is 36.7 Å². The summed E-state index contributed by atoms with van der Waals surface area (Å²) in [5.41, 5.74) is 3.33. The van der Waals surface area contributed by atoms with Gasteiger partial charge < -0.3 is 18.6 Å². The molecular weight excluding hydrogens is 702 g/mol. The second kappa shape index (κ2) is 13.1. The fourth-order valence-corrected chi connectivity index (χ4v) is 6.17. The Bertz CT molecular complexity index is 2150. The lowest BCUT2D eigenvalue weighted by Gasteiger charge is -2.16. The third-order valence-corrected chi connectivity index (χ3v) is 8.39. The van der Waals surface area contributed by atoms with Crippen molar-refractivity contribution >= 4 is 59.9 Å². The number of ether oxygens (including phenoxy) is 3. The van der Waals surface area contributed by atoms with Gasteiger partial charge in [0.15, 0.2) is 17.3 Å². The molecule has 0 radical (unpaired) electrons. The summed E-state index contributed by atoms with van der Waals surface area (Å²) in [5.74, 6) is 2.41. The molecule has 0 amide bonds. The van der Waals surface area contributed by atoms with Crippen LogP contribution in [0.25, 0.3) is 33.5 Å². The van der Waals surface area contributed by atoms with Crippen LogP contribution in [0.4, 0.5) is 0 Å². The Balaban J connectivity index is 1.43. The molecule has 226 valence electrons. The molecule has 6 rings (SSSR count). The van der Waals surface area contributed by atoms with Gasteiger partial charge in [0, 0.05) is 20.1 Å². The van der Waals surface area contributed by atoms with E-state index in [1.165, 1.54) is 4.68 Å². The minimum atomic E-state index is -0.336. The van der Waals surface area contributed by atoms with E-state index in [0.29, 0.717) is 58.1 Å². The van der Waals surface area contributed by atoms with E-state index in [1.807, 2.05) is 54.6 Å². The molecule has 8 nitrogen and oxygen atoms in total. The number of rotatable bonds is 10. The van der Waals surface area contributed by atoms with Crippen molar-refractivity contribution in [2.45, 2.75) is 13.0 Å². The average molecular weight is 729 g/mol. The maximum Gasteiger partial charge on any atom is 0.282 e. The zero-order chi connectivity index (χ0) is 31.5. The van der Waals surface area contributed by atoms with Gasteiger partial charge in [-0.1, -0.05) is 62.2 Å². The van der Waals surface area contributed by atoms with Crippen LogP contribution in [0.3, 0.4) is 0 Å². The molecule has 45 heavy (non-hydrogen) atoms. The molecule has 2 heterocycles. The number of hydrogen-bond acceptors (Lipinski definition) is 7. The molecule has 2 aromatic heterocycles. The first kappa shape index (κ1) is 30.4. The molecule has 0 aliphatic carbocycles. The van der Waals surface area contributed by atoms with Gasteiger partial charge in [0.25, 0.3) is 5.56 Å². The molecule has 0 aliphatic heterocycles. The molecule has 0 N–H and O–H groups in total. The Morgan fingerprint density at radius 1 is 0.933 bits per heavy atom. The molecule has 0 unspecified atom stereocenters. The number of halogens is 2. The number of para-hydroxylation sites is 1. The van der Waals surface area contributed by atoms with E-state index in [-0.39, 0.29) is 11.4 Å². The standard InChI is InChI=1S/C35H27Br2N3O5/c1-4-8-22-15-21(16-31(43-3)33(22)44-20-23-13-14-24(36)17-27(23)37)19-38-40-34(39-28-10-6-5-9-25(28)35(40)41)32-18-26-29(42-2)11-7-12-30(26)45-32/h4-7,9-19H,1,8,20H2,2-3H3. The fraction of sp³-hybridized carbons (Fsp3) is 0.114. The second-order valence-electron chi connectivity index (χ2n) is 10.0. The normalized spacial score (nSPS) is 11.4. The maximum absolute atomic E-state index is 13.8. The Hall–Kier alpha value is -4.67. The fourth-order valence-electron chi connectivity index (χ4n) is 5.01. The smallest absolute Gasteiger partial charge is 0.282 e. The molecule has 6 aromatic rings. The van der Waals surface area contributed by atoms with Crippen molar-refractivity contribution in [3.05, 3.63) is 128 Å². The van der Waals surface area contributed by atoms with E-state index < -0.39 is 0 Å². The third-order valence-electron chi connectivity index (χ3n) is 7.16. The molecule has 0 aliphatic rings. The number of allylic oxidation sites excluding steroid dienone is 1. The minimum Gasteiger partial charge on any atom is -0.496 e. The Kier molecular flexibility index (Phi) is 8.86. The van der Waals surface area contributed by atoms with Gasteiger partial charge in [0.1, 0.15) is 17.9 Å². The van der Waals surface area contributed by atoms with Crippen LogP contribution in [0, 0.1) is 0 Å². The van der Waals surface area contributed by atoms with Crippen LogP contribution < -0.4 is 19.8 Å². The molecule has 0 fully saturated rings. The van der Waals surface area contributed by atoms with Gasteiger partial charge in [-0.05, 0) is 66.6 Å². The van der Waals surface area contributed by atoms with E-state index in [4.69, 9.17) is 23.6 Å². The maximum atomic E-state index is 13.8. The number of fused-ring (bicyclic) bond motifs is 2. The molecular formula is C35H27Br2N3O5. The lowest BCUT2D eigenvalue weighted by molar-refractivity contribution is 0.281. The van der Waals surface area contributed by atoms with Crippen molar-refractivity contribution in [1.29, 1.82) is 0 Å². The molecule has 0 atom stereocenters. The largest absolute Gasteiger partial charge is 0.496 e. The Morgan fingerprint density at radius 2 is 1.76 bits per heavy atom. The number of hydrogen-bond donors (Lipinski definition) is 0. The summed E-state index contributed by atoms with van der Waals surface area (Å²) in [7, 11) is 3.18. The SMILES string of the molecule is C=CCc1cc(C=Nn2c(-c3cc4c(OC)cccc4o3)nc3ccccc3c2=O)cc(OC)c1OCc1ccc(Br)cc1Br. The van der Waals surface area contributed by atoms with Crippen LogP contribution >= 0.6 is 31.9 Å². The quantitative estimate of drug-likeness (QED) is 0.104. The van der Waals surface area contributed by atoms with Crippen LogP contribution in [-0.2, 0) is 13.0 Å². The van der Waals surface area contributed by atoms with Gasteiger partial charge >= 0.3 is 0 Å². The molecule has 0 saturated heterocycles. The van der Waals surface area contributed by atoms with Crippen LogP contribution in [0.5, 0.6) is 17.2 Å². The van der Waals surface area contributed by atoms with Crippen LogP contribution in [0.15, 0.2) is 115 Å². The summed E-state index contributed by atoms with van der Waals surface area (Å²) >= 11 is 7.08. The van der Waals surface area contributed by atoms with E-state index in [2.05, 4.69) is 43.5 Å². The number of benzene rings is 4. The highest BCUT2D eigenvalue weighted by atomic mass is 79.9. The van der Waals surface area contributed by atoms with Crippen LogP contribution in [0.2, 0.25) is 0 Å². The van der Waals surface area contributed by atoms with Crippen molar-refractivity contribution in [1.82, 2.24) is 9.66 Å². The molecule has 4 aromatic carbocycles. The Labute approximate surface area is 275 Å². The summed E-state index contributed by atoms with van der Waals surface area (Å²) in [4.78, 5) is 18.6. The lowest BCUT2D eigenvalue weighted by atomic mass is 10.1. The van der Waals surface area contributed by atoms with E-state index >= 15 is 0 Å². The lowest BCUT2D eigenvalue weighted by Crippen LogP contribution is -2.20. The van der Waals surface area contributed by atoms with Crippen molar-refractivity contribution in [3.63, 3.8) is 0 Å². The summed E-state index contributed by atoms with van der Waals surface area (Å²) in [6.07, 6.45) is 3.91. The average Bonchev–Trinajstić information content (AvgIpc) is 3.49. The van der Waals surface area contributed by atoms with Crippen molar-refractivity contribution in [2.75, 3.05) is 14.2 Å². The van der Waals surface area contributed by atoms with Gasteiger partial charge in [-0.2, -0.15) is 9.78 Å².